The fourth-order valence-corrected chi connectivity index (χ4v) is 2.82. The molecule has 0 radical (unpaired) electrons. The van der Waals surface area contributed by atoms with Crippen LogP contribution in [0.15, 0.2) is 23.3 Å². The van der Waals surface area contributed by atoms with Crippen LogP contribution in [-0.4, -0.2) is 35.1 Å². The zero-order valence-electron chi connectivity index (χ0n) is 14.3. The highest BCUT2D eigenvalue weighted by atomic mass is 16.4. The Hall–Kier alpha value is -2.70. The number of nitrogens with one attached hydrogen (secondary N) is 1. The molecule has 1 saturated carbocycles. The van der Waals surface area contributed by atoms with Gasteiger partial charge in [-0.3, -0.25) is 14.4 Å². The summed E-state index contributed by atoms with van der Waals surface area (Å²) in [7, 11) is 0. The third-order valence-electron chi connectivity index (χ3n) is 4.78. The number of hydrogen-bond donors (Lipinski definition) is 2. The average molecular weight is 343 g/mol. The summed E-state index contributed by atoms with van der Waals surface area (Å²) in [5, 5.41) is 17.4. The Bertz CT molecular complexity index is 781. The molecule has 1 aliphatic carbocycles. The van der Waals surface area contributed by atoms with Crippen LogP contribution in [0.4, 0.5) is 5.69 Å². The smallest absolute Gasteiger partial charge is 0.311 e. The van der Waals surface area contributed by atoms with E-state index in [1.807, 2.05) is 32.0 Å². The molecule has 0 saturated heterocycles. The molecule has 2 N–H and O–H groups in total. The number of nitrogens with zero attached hydrogens (tertiary/aromatic N) is 2. The molecule has 1 fully saturated rings. The quantitative estimate of drug-likeness (QED) is 0.851. The summed E-state index contributed by atoms with van der Waals surface area (Å²) in [5.74, 6) is -1.45. The van der Waals surface area contributed by atoms with Gasteiger partial charge < -0.3 is 10.4 Å². The topological polar surface area (TPSA) is 99.1 Å². The number of aliphatic carboxylic acids is 1. The molecular formula is C18H21N3O4. The van der Waals surface area contributed by atoms with Gasteiger partial charge in [0.1, 0.15) is 5.71 Å². The molecule has 132 valence electrons. The first kappa shape index (κ1) is 17.1. The van der Waals surface area contributed by atoms with Crippen LogP contribution in [-0.2, 0) is 14.4 Å². The molecule has 7 heteroatoms. The maximum Gasteiger partial charge on any atom is 0.311 e. The molecule has 2 amide bonds. The number of carbonyl (C=O) groups is 3. The summed E-state index contributed by atoms with van der Waals surface area (Å²) in [6.45, 7) is 3.91. The third-order valence-corrected chi connectivity index (χ3v) is 4.78. The van der Waals surface area contributed by atoms with E-state index in [2.05, 4.69) is 10.4 Å². The van der Waals surface area contributed by atoms with Crippen molar-refractivity contribution in [2.75, 3.05) is 11.6 Å². The second-order valence-electron chi connectivity index (χ2n) is 6.81. The average Bonchev–Trinajstić information content (AvgIpc) is 3.37. The second-order valence-corrected chi connectivity index (χ2v) is 6.81. The molecule has 1 heterocycles. The van der Waals surface area contributed by atoms with E-state index in [0.717, 1.165) is 11.1 Å². The van der Waals surface area contributed by atoms with E-state index >= 15 is 0 Å². The molecule has 7 nitrogen and oxygen atoms in total. The van der Waals surface area contributed by atoms with Crippen LogP contribution in [0.3, 0.4) is 0 Å². The second kappa shape index (κ2) is 6.31. The molecule has 1 aliphatic heterocycles. The minimum atomic E-state index is -0.884. The molecule has 2 aliphatic rings. The van der Waals surface area contributed by atoms with Crippen LogP contribution in [0.2, 0.25) is 0 Å². The predicted molar refractivity (Wildman–Crippen MR) is 92.4 cm³/mol. The third kappa shape index (κ3) is 3.40. The summed E-state index contributed by atoms with van der Waals surface area (Å²) >= 11 is 0. The Morgan fingerprint density at radius 3 is 2.64 bits per heavy atom. The first-order valence-corrected chi connectivity index (χ1v) is 8.32. The van der Waals surface area contributed by atoms with Crippen molar-refractivity contribution < 1.29 is 19.5 Å². The molecule has 0 spiro atoms. The van der Waals surface area contributed by atoms with Gasteiger partial charge in [0.25, 0.3) is 5.91 Å². The van der Waals surface area contributed by atoms with E-state index in [1.54, 1.807) is 0 Å². The molecule has 0 bridgehead atoms. The molecule has 0 aromatic heterocycles. The van der Waals surface area contributed by atoms with Gasteiger partial charge in [0, 0.05) is 19.4 Å². The van der Waals surface area contributed by atoms with Gasteiger partial charge in [0.2, 0.25) is 5.91 Å². The summed E-state index contributed by atoms with van der Waals surface area (Å²) in [4.78, 5) is 35.8. The number of carbonyl (C=O) groups excluding carboxylic acids is 2. The van der Waals surface area contributed by atoms with Gasteiger partial charge in [-0.2, -0.15) is 5.10 Å². The number of carboxylic acid groups (broad SMARTS) is 1. The summed E-state index contributed by atoms with van der Waals surface area (Å²) in [6.07, 6.45) is 1.60. The van der Waals surface area contributed by atoms with E-state index in [9.17, 15) is 19.5 Å². The molecular weight excluding hydrogens is 322 g/mol. The zero-order chi connectivity index (χ0) is 18.2. The van der Waals surface area contributed by atoms with Gasteiger partial charge in [-0.25, -0.2) is 5.01 Å². The van der Waals surface area contributed by atoms with E-state index in [4.69, 9.17) is 0 Å². The molecule has 1 aromatic carbocycles. The lowest BCUT2D eigenvalue weighted by molar-refractivity contribution is -0.143. The van der Waals surface area contributed by atoms with Crippen LogP contribution in [0.1, 0.15) is 36.8 Å². The summed E-state index contributed by atoms with van der Waals surface area (Å²) in [6, 6.07) is 5.72. The monoisotopic (exact) mass is 343 g/mol. The Morgan fingerprint density at radius 1 is 1.28 bits per heavy atom. The fraction of sp³-hybridized carbons (Fsp3) is 0.444. The number of anilines is 1. The summed E-state index contributed by atoms with van der Waals surface area (Å²) < 4.78 is 0. The van der Waals surface area contributed by atoms with Crippen molar-refractivity contribution in [2.24, 2.45) is 10.5 Å². The number of carboxylic acids is 1. The van der Waals surface area contributed by atoms with Crippen molar-refractivity contribution in [1.29, 1.82) is 0 Å². The van der Waals surface area contributed by atoms with Gasteiger partial charge >= 0.3 is 5.97 Å². The Labute approximate surface area is 145 Å². The van der Waals surface area contributed by atoms with Crippen molar-refractivity contribution in [2.45, 2.75) is 39.5 Å². The fourth-order valence-electron chi connectivity index (χ4n) is 2.82. The summed E-state index contributed by atoms with van der Waals surface area (Å²) in [5.41, 5.74) is 1.98. The van der Waals surface area contributed by atoms with Crippen LogP contribution < -0.4 is 10.3 Å². The van der Waals surface area contributed by atoms with Crippen molar-refractivity contribution >= 4 is 29.2 Å². The Morgan fingerprint density at radius 2 is 2.00 bits per heavy atom. The van der Waals surface area contributed by atoms with Crippen molar-refractivity contribution in [3.8, 4) is 0 Å². The Kier molecular flexibility index (Phi) is 4.32. The van der Waals surface area contributed by atoms with Crippen LogP contribution in [0.25, 0.3) is 0 Å². The highest BCUT2D eigenvalue weighted by Gasteiger charge is 2.50. The SMILES string of the molecule is Cc1ccc(C)c(N2N=C(C(=O)NCC3(C(=O)O)CC3)CCC2=O)c1. The maximum absolute atomic E-state index is 12.4. The van der Waals surface area contributed by atoms with E-state index in [0.29, 0.717) is 18.5 Å². The molecule has 0 unspecified atom stereocenters. The Balaban J connectivity index is 1.77. The largest absolute Gasteiger partial charge is 0.481 e. The minimum Gasteiger partial charge on any atom is -0.481 e. The van der Waals surface area contributed by atoms with E-state index in [1.165, 1.54) is 5.01 Å². The number of amides is 2. The highest BCUT2D eigenvalue weighted by Crippen LogP contribution is 2.45. The minimum absolute atomic E-state index is 0.0948. The maximum atomic E-state index is 12.4. The molecule has 25 heavy (non-hydrogen) atoms. The van der Waals surface area contributed by atoms with Crippen LogP contribution in [0, 0.1) is 19.3 Å². The number of benzene rings is 1. The molecule has 0 atom stereocenters. The van der Waals surface area contributed by atoms with E-state index < -0.39 is 17.3 Å². The van der Waals surface area contributed by atoms with Crippen molar-refractivity contribution in [3.05, 3.63) is 29.3 Å². The standard InChI is InChI=1S/C18H21N3O4/c1-11-3-4-12(2)14(9-11)21-15(22)6-5-13(20-21)16(23)19-10-18(7-8-18)17(24)25/h3-4,9H,5-8,10H2,1-2H3,(H,19,23)(H,24,25). The lowest BCUT2D eigenvalue weighted by Gasteiger charge is -2.25. The van der Waals surface area contributed by atoms with Crippen molar-refractivity contribution in [1.82, 2.24) is 5.32 Å². The van der Waals surface area contributed by atoms with Crippen LogP contribution >= 0.6 is 0 Å². The lowest BCUT2D eigenvalue weighted by atomic mass is 10.1. The molecule has 1 aromatic rings. The van der Waals surface area contributed by atoms with Crippen molar-refractivity contribution in [3.63, 3.8) is 0 Å². The van der Waals surface area contributed by atoms with Gasteiger partial charge in [0.05, 0.1) is 11.1 Å². The number of hydrazone groups is 1. The normalized spacial score (nSPS) is 18.6. The van der Waals surface area contributed by atoms with Gasteiger partial charge in [0.15, 0.2) is 0 Å². The van der Waals surface area contributed by atoms with E-state index in [-0.39, 0.29) is 31.0 Å². The van der Waals surface area contributed by atoms with Gasteiger partial charge in [-0.05, 0) is 43.9 Å². The zero-order valence-corrected chi connectivity index (χ0v) is 14.3. The number of aryl methyl sites for hydroxylation is 2. The van der Waals surface area contributed by atoms with Crippen LogP contribution in [0.5, 0.6) is 0 Å². The van der Waals surface area contributed by atoms with Gasteiger partial charge in [-0.1, -0.05) is 12.1 Å². The lowest BCUT2D eigenvalue weighted by Crippen LogP contribution is -2.42. The molecule has 3 rings (SSSR count). The van der Waals surface area contributed by atoms with Gasteiger partial charge in [-0.15, -0.1) is 0 Å². The predicted octanol–water partition coefficient (Wildman–Crippen LogP) is 1.77. The first-order valence-electron chi connectivity index (χ1n) is 8.32. The number of rotatable bonds is 5. The highest BCUT2D eigenvalue weighted by molar-refractivity contribution is 6.40. The number of hydrogen-bond acceptors (Lipinski definition) is 4. The first-order chi connectivity index (χ1) is 11.8.